The highest BCUT2D eigenvalue weighted by Gasteiger charge is 2.19. The maximum atomic E-state index is 12.9. The summed E-state index contributed by atoms with van der Waals surface area (Å²) in [5.74, 6) is -0.0675. The Kier molecular flexibility index (Phi) is 3.81. The number of esters is 1. The number of hydrogen-bond donors (Lipinski definition) is 0. The first-order valence-electron chi connectivity index (χ1n) is 8.24. The van der Waals surface area contributed by atoms with E-state index in [9.17, 15) is 9.59 Å². The lowest BCUT2D eigenvalue weighted by Crippen LogP contribution is -2.10. The van der Waals surface area contributed by atoms with Gasteiger partial charge in [-0.15, -0.1) is 0 Å². The van der Waals surface area contributed by atoms with Crippen LogP contribution in [-0.2, 0) is 4.74 Å². The van der Waals surface area contributed by atoms with Gasteiger partial charge in [-0.1, -0.05) is 48.5 Å². The fraction of sp³-hybridized carbons (Fsp3) is 0.0909. The first-order chi connectivity index (χ1) is 12.6. The molecule has 26 heavy (non-hydrogen) atoms. The van der Waals surface area contributed by atoms with Gasteiger partial charge in [0.1, 0.15) is 11.3 Å². The largest absolute Gasteiger partial charge is 0.465 e. The second-order valence-corrected chi connectivity index (χ2v) is 6.09. The van der Waals surface area contributed by atoms with Crippen LogP contribution in [0.15, 0.2) is 69.9 Å². The Labute approximate surface area is 149 Å². The molecule has 0 amide bonds. The van der Waals surface area contributed by atoms with E-state index in [2.05, 4.69) is 0 Å². The third-order valence-corrected chi connectivity index (χ3v) is 4.58. The minimum atomic E-state index is -0.536. The number of carbonyl (C=O) groups is 1. The Morgan fingerprint density at radius 3 is 2.42 bits per heavy atom. The molecule has 3 aromatic carbocycles. The molecule has 0 saturated carbocycles. The number of hydrogen-bond acceptors (Lipinski definition) is 4. The van der Waals surface area contributed by atoms with Crippen LogP contribution in [0.3, 0.4) is 0 Å². The zero-order valence-electron chi connectivity index (χ0n) is 14.4. The minimum absolute atomic E-state index is 0.153. The molecule has 0 aliphatic carbocycles. The van der Waals surface area contributed by atoms with Crippen molar-refractivity contribution in [3.05, 3.63) is 82.0 Å². The molecule has 4 heteroatoms. The Morgan fingerprint density at radius 2 is 1.62 bits per heavy atom. The van der Waals surface area contributed by atoms with Gasteiger partial charge in [-0.3, -0.25) is 4.79 Å². The van der Waals surface area contributed by atoms with Gasteiger partial charge in [-0.2, -0.15) is 0 Å². The molecule has 0 radical (unpaired) electrons. The highest BCUT2D eigenvalue weighted by Crippen LogP contribution is 2.32. The Morgan fingerprint density at radius 1 is 0.923 bits per heavy atom. The zero-order valence-corrected chi connectivity index (χ0v) is 14.4. The third kappa shape index (κ3) is 2.39. The second-order valence-electron chi connectivity index (χ2n) is 6.09. The van der Waals surface area contributed by atoms with Crippen molar-refractivity contribution in [1.82, 2.24) is 0 Å². The average Bonchev–Trinajstić information content (AvgIpc) is 2.69. The van der Waals surface area contributed by atoms with E-state index in [0.717, 1.165) is 16.3 Å². The molecule has 0 spiro atoms. The van der Waals surface area contributed by atoms with Gasteiger partial charge >= 0.3 is 5.97 Å². The molecule has 4 nitrogen and oxygen atoms in total. The summed E-state index contributed by atoms with van der Waals surface area (Å²) in [6.45, 7) is 1.74. The molecule has 0 bridgehead atoms. The van der Waals surface area contributed by atoms with Crippen molar-refractivity contribution in [3.8, 4) is 11.3 Å². The van der Waals surface area contributed by atoms with Gasteiger partial charge in [-0.25, -0.2) is 4.79 Å². The van der Waals surface area contributed by atoms with Gasteiger partial charge in [0.2, 0.25) is 0 Å². The molecule has 1 aromatic heterocycles. The molecular formula is C22H16O4. The van der Waals surface area contributed by atoms with Crippen molar-refractivity contribution < 1.29 is 13.9 Å². The third-order valence-electron chi connectivity index (χ3n) is 4.58. The Balaban J connectivity index is 2.12. The fourth-order valence-corrected chi connectivity index (χ4v) is 3.26. The predicted molar refractivity (Wildman–Crippen MR) is 102 cm³/mol. The van der Waals surface area contributed by atoms with Gasteiger partial charge in [0.15, 0.2) is 11.0 Å². The predicted octanol–water partition coefficient (Wildman–Crippen LogP) is 4.71. The van der Waals surface area contributed by atoms with E-state index in [1.807, 2.05) is 42.5 Å². The Hall–Kier alpha value is -3.40. The van der Waals surface area contributed by atoms with Gasteiger partial charge in [0.05, 0.1) is 12.5 Å². The molecule has 4 rings (SSSR count). The van der Waals surface area contributed by atoms with Gasteiger partial charge in [0, 0.05) is 11.1 Å². The van der Waals surface area contributed by atoms with Crippen LogP contribution >= 0.6 is 0 Å². The van der Waals surface area contributed by atoms with Crippen LogP contribution in [0.2, 0.25) is 0 Å². The summed E-state index contributed by atoms with van der Waals surface area (Å²) in [5, 5.41) is 2.40. The van der Waals surface area contributed by atoms with Gasteiger partial charge in [-0.05, 0) is 29.8 Å². The van der Waals surface area contributed by atoms with Crippen molar-refractivity contribution in [2.45, 2.75) is 6.92 Å². The monoisotopic (exact) mass is 344 g/mol. The van der Waals surface area contributed by atoms with E-state index in [0.29, 0.717) is 16.7 Å². The number of para-hydroxylation sites is 1. The number of carbonyl (C=O) groups excluding carboxylic acids is 1. The summed E-state index contributed by atoms with van der Waals surface area (Å²) in [5.41, 5.74) is 1.66. The summed E-state index contributed by atoms with van der Waals surface area (Å²) >= 11 is 0. The summed E-state index contributed by atoms with van der Waals surface area (Å²) in [6, 6.07) is 18.7. The first-order valence-corrected chi connectivity index (χ1v) is 8.24. The zero-order chi connectivity index (χ0) is 18.3. The highest BCUT2D eigenvalue weighted by molar-refractivity contribution is 6.03. The van der Waals surface area contributed by atoms with E-state index in [1.54, 1.807) is 25.1 Å². The van der Waals surface area contributed by atoms with Crippen LogP contribution in [0.25, 0.3) is 33.1 Å². The summed E-state index contributed by atoms with van der Waals surface area (Å²) in [4.78, 5) is 25.0. The fourth-order valence-electron chi connectivity index (χ4n) is 3.26. The van der Waals surface area contributed by atoms with E-state index in [1.165, 1.54) is 7.11 Å². The van der Waals surface area contributed by atoms with Crippen molar-refractivity contribution in [1.29, 1.82) is 0 Å². The van der Waals surface area contributed by atoms with Crippen LogP contribution < -0.4 is 5.43 Å². The summed E-state index contributed by atoms with van der Waals surface area (Å²) < 4.78 is 11.0. The molecule has 0 N–H and O–H groups in total. The van der Waals surface area contributed by atoms with Crippen LogP contribution in [-0.4, -0.2) is 13.1 Å². The lowest BCUT2D eigenvalue weighted by molar-refractivity contribution is 0.0601. The van der Waals surface area contributed by atoms with Crippen molar-refractivity contribution >= 4 is 27.7 Å². The van der Waals surface area contributed by atoms with Crippen LogP contribution in [0.5, 0.6) is 0 Å². The van der Waals surface area contributed by atoms with Crippen LogP contribution in [0.1, 0.15) is 15.9 Å². The van der Waals surface area contributed by atoms with E-state index in [4.69, 9.17) is 9.15 Å². The quantitative estimate of drug-likeness (QED) is 0.494. The van der Waals surface area contributed by atoms with Gasteiger partial charge < -0.3 is 9.15 Å². The lowest BCUT2D eigenvalue weighted by atomic mass is 9.99. The van der Waals surface area contributed by atoms with E-state index >= 15 is 0 Å². The maximum Gasteiger partial charge on any atom is 0.341 e. The van der Waals surface area contributed by atoms with Crippen LogP contribution in [0.4, 0.5) is 0 Å². The summed E-state index contributed by atoms with van der Waals surface area (Å²) in [7, 11) is 1.30. The molecule has 0 atom stereocenters. The van der Waals surface area contributed by atoms with Gasteiger partial charge in [0.25, 0.3) is 0 Å². The SMILES string of the molecule is COC(=O)c1cccc2c(=O)c(C)c(-c3cccc4ccccc34)oc12. The molecule has 0 aliphatic rings. The lowest BCUT2D eigenvalue weighted by Gasteiger charge is -2.11. The van der Waals surface area contributed by atoms with Crippen molar-refractivity contribution in [2.24, 2.45) is 0 Å². The number of methoxy groups -OCH3 is 1. The molecule has 0 unspecified atom stereocenters. The first kappa shape index (κ1) is 16.1. The van der Waals surface area contributed by atoms with Crippen molar-refractivity contribution in [3.63, 3.8) is 0 Å². The number of rotatable bonds is 2. The topological polar surface area (TPSA) is 56.5 Å². The normalized spacial score (nSPS) is 11.0. The molecule has 0 aliphatic heterocycles. The molecule has 0 fully saturated rings. The average molecular weight is 344 g/mol. The molecule has 1 heterocycles. The standard InChI is InChI=1S/C22H16O4/c1-13-19(23)17-11-6-12-18(22(24)25-2)21(17)26-20(13)16-10-5-8-14-7-3-4-9-15(14)16/h3-12H,1-2H3. The molecular weight excluding hydrogens is 328 g/mol. The second kappa shape index (κ2) is 6.15. The van der Waals surface area contributed by atoms with E-state index in [-0.39, 0.29) is 16.6 Å². The highest BCUT2D eigenvalue weighted by atomic mass is 16.5. The number of fused-ring (bicyclic) bond motifs is 2. The summed E-state index contributed by atoms with van der Waals surface area (Å²) in [6.07, 6.45) is 0. The smallest absolute Gasteiger partial charge is 0.341 e. The maximum absolute atomic E-state index is 12.9. The Bertz CT molecular complexity index is 1210. The van der Waals surface area contributed by atoms with Crippen LogP contribution in [0, 0.1) is 6.92 Å². The molecule has 4 aromatic rings. The van der Waals surface area contributed by atoms with Crippen molar-refractivity contribution in [2.75, 3.05) is 7.11 Å². The molecule has 0 saturated heterocycles. The molecule has 128 valence electrons. The number of ether oxygens (including phenoxy) is 1. The number of benzene rings is 3. The van der Waals surface area contributed by atoms with E-state index < -0.39 is 5.97 Å². The minimum Gasteiger partial charge on any atom is -0.465 e.